The molecular formula is C30H38N6O2S. The summed E-state index contributed by atoms with van der Waals surface area (Å²) < 4.78 is 11.3. The Morgan fingerprint density at radius 2 is 1.87 bits per heavy atom. The van der Waals surface area contributed by atoms with Crippen molar-refractivity contribution in [2.75, 3.05) is 48.6 Å². The summed E-state index contributed by atoms with van der Waals surface area (Å²) in [7, 11) is 1.64. The van der Waals surface area contributed by atoms with Crippen molar-refractivity contribution in [2.24, 2.45) is 5.92 Å². The Labute approximate surface area is 236 Å². The van der Waals surface area contributed by atoms with Crippen LogP contribution in [0.4, 0.5) is 11.6 Å². The van der Waals surface area contributed by atoms with E-state index >= 15 is 0 Å². The highest BCUT2D eigenvalue weighted by Crippen LogP contribution is 2.31. The summed E-state index contributed by atoms with van der Waals surface area (Å²) in [5.74, 6) is 3.42. The van der Waals surface area contributed by atoms with Crippen molar-refractivity contribution in [1.82, 2.24) is 15.0 Å². The third kappa shape index (κ3) is 7.99. The third-order valence-corrected chi connectivity index (χ3v) is 7.61. The van der Waals surface area contributed by atoms with Crippen molar-refractivity contribution in [3.8, 4) is 17.7 Å². The monoisotopic (exact) mass is 546 g/mol. The molecule has 0 bridgehead atoms. The molecule has 0 N–H and O–H groups in total. The Bertz CT molecular complexity index is 1230. The van der Waals surface area contributed by atoms with E-state index in [1.807, 2.05) is 30.3 Å². The number of aromatic nitrogens is 3. The molecule has 8 nitrogen and oxygen atoms in total. The van der Waals surface area contributed by atoms with E-state index in [9.17, 15) is 5.26 Å². The maximum atomic E-state index is 9.43. The number of nitrogens with zero attached hydrogens (tertiary/aromatic N) is 6. The van der Waals surface area contributed by atoms with E-state index in [1.165, 1.54) is 25.7 Å². The predicted molar refractivity (Wildman–Crippen MR) is 158 cm³/mol. The van der Waals surface area contributed by atoms with Crippen molar-refractivity contribution in [2.45, 2.75) is 45.7 Å². The molecule has 0 radical (unpaired) electrons. The summed E-state index contributed by atoms with van der Waals surface area (Å²) in [6, 6.07) is 14.0. The van der Waals surface area contributed by atoms with Gasteiger partial charge in [0.25, 0.3) is 0 Å². The number of hydrogen-bond donors (Lipinski definition) is 0. The van der Waals surface area contributed by atoms with Gasteiger partial charge < -0.3 is 19.3 Å². The van der Waals surface area contributed by atoms with Crippen molar-refractivity contribution in [1.29, 1.82) is 5.26 Å². The van der Waals surface area contributed by atoms with Gasteiger partial charge in [0.2, 0.25) is 11.8 Å². The highest BCUT2D eigenvalue weighted by atomic mass is 32.2. The minimum atomic E-state index is 0.483. The highest BCUT2D eigenvalue weighted by molar-refractivity contribution is 7.98. The van der Waals surface area contributed by atoms with Gasteiger partial charge in [0, 0.05) is 31.5 Å². The molecule has 1 saturated carbocycles. The van der Waals surface area contributed by atoms with Crippen LogP contribution in [0.3, 0.4) is 0 Å². The number of thioether (sulfide) groups is 1. The summed E-state index contributed by atoms with van der Waals surface area (Å²) in [5.41, 5.74) is 3.65. The molecule has 9 heteroatoms. The Kier molecular flexibility index (Phi) is 10.7. The maximum absolute atomic E-state index is 9.43. The Hall–Kier alpha value is -3.51. The van der Waals surface area contributed by atoms with Gasteiger partial charge in [-0.2, -0.15) is 17.0 Å². The van der Waals surface area contributed by atoms with Crippen LogP contribution in [0.25, 0.3) is 0 Å². The second kappa shape index (κ2) is 14.6. The molecule has 2 heterocycles. The van der Waals surface area contributed by atoms with Crippen LogP contribution in [0.5, 0.6) is 11.6 Å². The van der Waals surface area contributed by atoms with Gasteiger partial charge in [-0.15, -0.1) is 0 Å². The summed E-state index contributed by atoms with van der Waals surface area (Å²) in [6.07, 6.45) is 10.7. The molecule has 0 spiro atoms. The highest BCUT2D eigenvalue weighted by Gasteiger charge is 2.22. The lowest BCUT2D eigenvalue weighted by atomic mass is 10.1. The minimum absolute atomic E-state index is 0.483. The van der Waals surface area contributed by atoms with Gasteiger partial charge in [-0.25, -0.2) is 15.0 Å². The standard InChI is InChI=1S/C30H38N6O2S/c1-4-35(20-23-8-5-6-9-23)28-12-13-29(37-2)34-27(28)22-36(21-25-11-7-10-24(16-25)17-31)30-32-18-26(19-33-30)38-14-15-39-3/h7,10-13,16,18-19,23H,4-6,8-9,14-15,20-22H2,1-3H3. The normalized spacial score (nSPS) is 13.2. The molecular weight excluding hydrogens is 508 g/mol. The lowest BCUT2D eigenvalue weighted by Gasteiger charge is -2.30. The zero-order valence-electron chi connectivity index (χ0n) is 23.2. The molecule has 0 aliphatic heterocycles. The van der Waals surface area contributed by atoms with Crippen molar-refractivity contribution < 1.29 is 9.47 Å². The Balaban J connectivity index is 1.65. The van der Waals surface area contributed by atoms with Gasteiger partial charge in [-0.3, -0.25) is 0 Å². The number of methoxy groups -OCH3 is 1. The summed E-state index contributed by atoms with van der Waals surface area (Å²) in [4.78, 5) is 18.8. The number of hydrogen-bond acceptors (Lipinski definition) is 9. The van der Waals surface area contributed by atoms with E-state index in [0.717, 1.165) is 35.8 Å². The summed E-state index contributed by atoms with van der Waals surface area (Å²) in [5, 5.41) is 9.43. The fourth-order valence-electron chi connectivity index (χ4n) is 5.02. The number of nitriles is 1. The first kappa shape index (κ1) is 28.5. The number of ether oxygens (including phenoxy) is 2. The van der Waals surface area contributed by atoms with Crippen molar-refractivity contribution >= 4 is 23.4 Å². The molecule has 1 fully saturated rings. The first-order valence-electron chi connectivity index (χ1n) is 13.6. The fraction of sp³-hybridized carbons (Fsp3) is 0.467. The molecule has 0 unspecified atom stereocenters. The molecule has 0 amide bonds. The van der Waals surface area contributed by atoms with E-state index in [4.69, 9.17) is 14.5 Å². The van der Waals surface area contributed by atoms with E-state index in [0.29, 0.717) is 48.8 Å². The van der Waals surface area contributed by atoms with Gasteiger partial charge in [-0.1, -0.05) is 25.0 Å². The van der Waals surface area contributed by atoms with Gasteiger partial charge in [0.05, 0.1) is 55.7 Å². The summed E-state index contributed by atoms with van der Waals surface area (Å²) >= 11 is 1.73. The molecule has 2 aromatic heterocycles. The average Bonchev–Trinajstić information content (AvgIpc) is 3.49. The van der Waals surface area contributed by atoms with E-state index in [1.54, 1.807) is 31.3 Å². The van der Waals surface area contributed by atoms with Crippen molar-refractivity contribution in [3.05, 3.63) is 65.6 Å². The third-order valence-electron chi connectivity index (χ3n) is 7.03. The zero-order chi connectivity index (χ0) is 27.5. The molecule has 3 aromatic rings. The Morgan fingerprint density at radius 3 is 2.56 bits per heavy atom. The van der Waals surface area contributed by atoms with Gasteiger partial charge in [-0.05, 0) is 55.7 Å². The van der Waals surface area contributed by atoms with Gasteiger partial charge >= 0.3 is 0 Å². The van der Waals surface area contributed by atoms with Crippen LogP contribution in [0.2, 0.25) is 0 Å². The van der Waals surface area contributed by atoms with Crippen LogP contribution in [0.15, 0.2) is 48.8 Å². The molecule has 1 aliphatic rings. The second-order valence-corrected chi connectivity index (χ2v) is 10.7. The Morgan fingerprint density at radius 1 is 1.08 bits per heavy atom. The van der Waals surface area contributed by atoms with Crippen LogP contribution in [-0.2, 0) is 13.1 Å². The number of anilines is 2. The van der Waals surface area contributed by atoms with Gasteiger partial charge in [0.1, 0.15) is 0 Å². The van der Waals surface area contributed by atoms with E-state index in [-0.39, 0.29) is 0 Å². The lowest BCUT2D eigenvalue weighted by molar-refractivity contribution is 0.341. The number of rotatable bonds is 14. The number of benzene rings is 1. The minimum Gasteiger partial charge on any atom is -0.489 e. The molecule has 4 rings (SSSR count). The van der Waals surface area contributed by atoms with E-state index in [2.05, 4.69) is 45.1 Å². The lowest BCUT2D eigenvalue weighted by Crippen LogP contribution is -2.31. The molecule has 0 atom stereocenters. The first-order valence-corrected chi connectivity index (χ1v) is 15.0. The molecule has 1 aliphatic carbocycles. The molecule has 0 saturated heterocycles. The quantitative estimate of drug-likeness (QED) is 0.236. The van der Waals surface area contributed by atoms with Crippen LogP contribution >= 0.6 is 11.8 Å². The van der Waals surface area contributed by atoms with Crippen LogP contribution in [0, 0.1) is 17.2 Å². The molecule has 206 valence electrons. The first-order chi connectivity index (χ1) is 19.1. The SMILES string of the molecule is CCN(CC1CCCC1)c1ccc(OC)nc1CN(Cc1cccc(C#N)c1)c1ncc(OCCSC)cn1. The molecule has 1 aromatic carbocycles. The zero-order valence-corrected chi connectivity index (χ0v) is 24.0. The van der Waals surface area contributed by atoms with Crippen LogP contribution in [-0.4, -0.2) is 53.8 Å². The topological polar surface area (TPSA) is 87.4 Å². The smallest absolute Gasteiger partial charge is 0.226 e. The number of pyridine rings is 1. The van der Waals surface area contributed by atoms with Crippen LogP contribution in [0.1, 0.15) is 49.4 Å². The average molecular weight is 547 g/mol. The van der Waals surface area contributed by atoms with Crippen molar-refractivity contribution in [3.63, 3.8) is 0 Å². The predicted octanol–water partition coefficient (Wildman–Crippen LogP) is 5.72. The van der Waals surface area contributed by atoms with Crippen LogP contribution < -0.4 is 19.3 Å². The maximum Gasteiger partial charge on any atom is 0.226 e. The van der Waals surface area contributed by atoms with E-state index < -0.39 is 0 Å². The fourth-order valence-corrected chi connectivity index (χ4v) is 5.27. The van der Waals surface area contributed by atoms with Gasteiger partial charge in [0.15, 0.2) is 5.75 Å². The second-order valence-electron chi connectivity index (χ2n) is 9.74. The summed E-state index contributed by atoms with van der Waals surface area (Å²) in [6.45, 7) is 5.75. The largest absolute Gasteiger partial charge is 0.489 e. The molecule has 39 heavy (non-hydrogen) atoms.